The van der Waals surface area contributed by atoms with Gasteiger partial charge in [0.25, 0.3) is 0 Å². The van der Waals surface area contributed by atoms with Gasteiger partial charge in [-0.25, -0.2) is 0 Å². The van der Waals surface area contributed by atoms with Crippen molar-refractivity contribution in [3.8, 4) is 0 Å². The first-order valence-electron chi connectivity index (χ1n) is 4.79. The quantitative estimate of drug-likeness (QED) is 0.827. The SMILES string of the molecule is C[C@@H](NC(=O)C(F)(F)F)C(=O)c1ccccc1. The standard InChI is InChI=1S/C11H10F3NO2/c1-7(15-10(17)11(12,13)14)9(16)8-5-3-2-4-6-8/h2-7H,1H3,(H,15,17)/t7-/m1/s1. The Morgan fingerprint density at radius 3 is 2.18 bits per heavy atom. The summed E-state index contributed by atoms with van der Waals surface area (Å²) in [7, 11) is 0. The highest BCUT2D eigenvalue weighted by Gasteiger charge is 2.39. The summed E-state index contributed by atoms with van der Waals surface area (Å²) in [4.78, 5) is 22.2. The van der Waals surface area contributed by atoms with Crippen LogP contribution in [-0.4, -0.2) is 23.9 Å². The lowest BCUT2D eigenvalue weighted by molar-refractivity contribution is -0.173. The normalized spacial score (nSPS) is 12.9. The second-order valence-corrected chi connectivity index (χ2v) is 3.42. The van der Waals surface area contributed by atoms with Crippen LogP contribution in [0.25, 0.3) is 0 Å². The summed E-state index contributed by atoms with van der Waals surface area (Å²) in [5.74, 6) is -2.68. The summed E-state index contributed by atoms with van der Waals surface area (Å²) in [5.41, 5.74) is 0.252. The Morgan fingerprint density at radius 2 is 1.71 bits per heavy atom. The number of carbonyl (C=O) groups is 2. The van der Waals surface area contributed by atoms with E-state index in [1.54, 1.807) is 23.5 Å². The van der Waals surface area contributed by atoms with Crippen LogP contribution < -0.4 is 5.32 Å². The number of carbonyl (C=O) groups excluding carboxylic acids is 2. The molecule has 0 saturated carbocycles. The van der Waals surface area contributed by atoms with E-state index >= 15 is 0 Å². The molecule has 0 aliphatic heterocycles. The third kappa shape index (κ3) is 3.58. The van der Waals surface area contributed by atoms with Gasteiger partial charge in [0.2, 0.25) is 0 Å². The molecule has 3 nitrogen and oxygen atoms in total. The lowest BCUT2D eigenvalue weighted by atomic mass is 10.1. The van der Waals surface area contributed by atoms with E-state index in [1.807, 2.05) is 0 Å². The molecular formula is C11H10F3NO2. The largest absolute Gasteiger partial charge is 0.471 e. The fourth-order valence-corrected chi connectivity index (χ4v) is 1.20. The van der Waals surface area contributed by atoms with Crippen LogP contribution in [0, 0.1) is 0 Å². The summed E-state index contributed by atoms with van der Waals surface area (Å²) in [6.45, 7) is 1.21. The Balaban J connectivity index is 2.69. The van der Waals surface area contributed by atoms with Crippen molar-refractivity contribution in [2.24, 2.45) is 0 Å². The van der Waals surface area contributed by atoms with Crippen LogP contribution in [0.2, 0.25) is 0 Å². The first kappa shape index (κ1) is 13.2. The van der Waals surface area contributed by atoms with Gasteiger partial charge < -0.3 is 5.32 Å². The predicted molar refractivity (Wildman–Crippen MR) is 54.4 cm³/mol. The molecule has 0 aromatic heterocycles. The van der Waals surface area contributed by atoms with Gasteiger partial charge in [0.1, 0.15) is 0 Å². The number of amides is 1. The van der Waals surface area contributed by atoms with E-state index < -0.39 is 23.9 Å². The van der Waals surface area contributed by atoms with Gasteiger partial charge in [0.15, 0.2) is 5.78 Å². The minimum atomic E-state index is -4.98. The average molecular weight is 245 g/mol. The van der Waals surface area contributed by atoms with Crippen molar-refractivity contribution in [3.05, 3.63) is 35.9 Å². The number of nitrogens with one attached hydrogen (secondary N) is 1. The minimum Gasteiger partial charge on any atom is -0.338 e. The Hall–Kier alpha value is -1.85. The van der Waals surface area contributed by atoms with Crippen LogP contribution in [-0.2, 0) is 4.79 Å². The molecule has 1 rings (SSSR count). The molecule has 6 heteroatoms. The maximum Gasteiger partial charge on any atom is 0.471 e. The second kappa shape index (κ2) is 4.99. The van der Waals surface area contributed by atoms with Crippen molar-refractivity contribution in [2.45, 2.75) is 19.1 Å². The molecule has 0 saturated heterocycles. The number of hydrogen-bond donors (Lipinski definition) is 1. The smallest absolute Gasteiger partial charge is 0.338 e. The van der Waals surface area contributed by atoms with Gasteiger partial charge in [0.05, 0.1) is 6.04 Å². The average Bonchev–Trinajstić information content (AvgIpc) is 2.27. The zero-order chi connectivity index (χ0) is 13.1. The topological polar surface area (TPSA) is 46.2 Å². The second-order valence-electron chi connectivity index (χ2n) is 3.42. The lowest BCUT2D eigenvalue weighted by Gasteiger charge is -2.14. The van der Waals surface area contributed by atoms with E-state index in [1.165, 1.54) is 19.1 Å². The first-order chi connectivity index (χ1) is 7.82. The van der Waals surface area contributed by atoms with E-state index in [2.05, 4.69) is 0 Å². The van der Waals surface area contributed by atoms with Gasteiger partial charge in [-0.05, 0) is 6.92 Å². The van der Waals surface area contributed by atoms with Crippen molar-refractivity contribution in [1.29, 1.82) is 0 Å². The molecule has 1 N–H and O–H groups in total. The highest BCUT2D eigenvalue weighted by Crippen LogP contribution is 2.15. The fourth-order valence-electron chi connectivity index (χ4n) is 1.20. The minimum absolute atomic E-state index is 0.252. The number of halogens is 3. The monoisotopic (exact) mass is 245 g/mol. The van der Waals surface area contributed by atoms with Gasteiger partial charge >= 0.3 is 12.1 Å². The van der Waals surface area contributed by atoms with Crippen LogP contribution in [0.1, 0.15) is 17.3 Å². The Bertz CT molecular complexity index is 414. The number of alkyl halides is 3. The van der Waals surface area contributed by atoms with Crippen LogP contribution in [0.15, 0.2) is 30.3 Å². The summed E-state index contributed by atoms with van der Waals surface area (Å²) in [6, 6.07) is 6.58. The van der Waals surface area contributed by atoms with E-state index in [0.29, 0.717) is 0 Å². The van der Waals surface area contributed by atoms with Gasteiger partial charge in [-0.15, -0.1) is 0 Å². The molecule has 17 heavy (non-hydrogen) atoms. The molecule has 1 aromatic rings. The van der Waals surface area contributed by atoms with Crippen molar-refractivity contribution < 1.29 is 22.8 Å². The van der Waals surface area contributed by atoms with Crippen molar-refractivity contribution in [3.63, 3.8) is 0 Å². The van der Waals surface area contributed by atoms with Crippen molar-refractivity contribution in [2.75, 3.05) is 0 Å². The summed E-state index contributed by atoms with van der Waals surface area (Å²) < 4.78 is 35.9. The molecule has 1 amide bonds. The zero-order valence-electron chi connectivity index (χ0n) is 8.91. The first-order valence-corrected chi connectivity index (χ1v) is 4.79. The van der Waals surface area contributed by atoms with Crippen LogP contribution >= 0.6 is 0 Å². The number of rotatable bonds is 3. The molecule has 0 radical (unpaired) electrons. The molecule has 0 spiro atoms. The van der Waals surface area contributed by atoms with Gasteiger partial charge in [0, 0.05) is 5.56 Å². The highest BCUT2D eigenvalue weighted by atomic mass is 19.4. The predicted octanol–water partition coefficient (Wildman–Crippen LogP) is 1.94. The summed E-state index contributed by atoms with van der Waals surface area (Å²) >= 11 is 0. The summed E-state index contributed by atoms with van der Waals surface area (Å²) in [6.07, 6.45) is -4.98. The maximum absolute atomic E-state index is 12.0. The molecule has 1 atom stereocenters. The zero-order valence-corrected chi connectivity index (χ0v) is 8.91. The van der Waals surface area contributed by atoms with Gasteiger partial charge in [-0.3, -0.25) is 9.59 Å². The maximum atomic E-state index is 12.0. The lowest BCUT2D eigenvalue weighted by Crippen LogP contribution is -2.45. The third-order valence-corrected chi connectivity index (χ3v) is 2.06. The molecular weight excluding hydrogens is 235 g/mol. The van der Waals surface area contributed by atoms with Gasteiger partial charge in [-0.2, -0.15) is 13.2 Å². The van der Waals surface area contributed by atoms with Crippen molar-refractivity contribution in [1.82, 2.24) is 5.32 Å². The molecule has 0 unspecified atom stereocenters. The highest BCUT2D eigenvalue weighted by molar-refractivity contribution is 6.02. The van der Waals surface area contributed by atoms with Crippen LogP contribution in [0.4, 0.5) is 13.2 Å². The molecule has 0 aliphatic carbocycles. The number of benzene rings is 1. The van der Waals surface area contributed by atoms with E-state index in [9.17, 15) is 22.8 Å². The molecule has 0 heterocycles. The van der Waals surface area contributed by atoms with Crippen molar-refractivity contribution >= 4 is 11.7 Å². The van der Waals surface area contributed by atoms with Gasteiger partial charge in [-0.1, -0.05) is 30.3 Å². The Kier molecular flexibility index (Phi) is 3.88. The molecule has 0 fully saturated rings. The molecule has 0 bridgehead atoms. The molecule has 92 valence electrons. The number of ketones is 1. The number of Topliss-reactive ketones (excluding diaryl/α,β-unsaturated/α-hetero) is 1. The Labute approximate surface area is 95.6 Å². The number of hydrogen-bond acceptors (Lipinski definition) is 2. The van der Waals surface area contributed by atoms with E-state index in [4.69, 9.17) is 0 Å². The third-order valence-electron chi connectivity index (χ3n) is 2.06. The van der Waals surface area contributed by atoms with E-state index in [0.717, 1.165) is 0 Å². The fraction of sp³-hybridized carbons (Fsp3) is 0.273. The Morgan fingerprint density at radius 1 is 1.18 bits per heavy atom. The molecule has 0 aliphatic rings. The van der Waals surface area contributed by atoms with Crippen LogP contribution in [0.3, 0.4) is 0 Å². The van der Waals surface area contributed by atoms with E-state index in [-0.39, 0.29) is 5.56 Å². The molecule has 1 aromatic carbocycles. The summed E-state index contributed by atoms with van der Waals surface area (Å²) in [5, 5.41) is 1.60. The van der Waals surface area contributed by atoms with Crippen LogP contribution in [0.5, 0.6) is 0 Å².